The fourth-order valence-corrected chi connectivity index (χ4v) is 2.46. The van der Waals surface area contributed by atoms with Gasteiger partial charge in [-0.15, -0.1) is 0 Å². The molecule has 0 radical (unpaired) electrons. The average Bonchev–Trinajstić information content (AvgIpc) is 2.67. The monoisotopic (exact) mass is 271 g/mol. The van der Waals surface area contributed by atoms with Gasteiger partial charge in [0.15, 0.2) is 5.79 Å². The van der Waals surface area contributed by atoms with Crippen LogP contribution in [0.5, 0.6) is 0 Å². The van der Waals surface area contributed by atoms with E-state index in [1.54, 1.807) is 0 Å². The Hall–Kier alpha value is -0.810. The lowest BCUT2D eigenvalue weighted by Gasteiger charge is -2.21. The predicted molar refractivity (Wildman–Crippen MR) is 72.6 cm³/mol. The summed E-state index contributed by atoms with van der Waals surface area (Å²) in [5.74, 6) is -0.682. The molecular weight excluding hydrogens is 246 g/mol. The molecule has 0 aromatic carbocycles. The van der Waals surface area contributed by atoms with E-state index in [1.165, 1.54) is 12.8 Å². The molecule has 0 aromatic heterocycles. The molecule has 1 fully saturated rings. The van der Waals surface area contributed by atoms with Crippen molar-refractivity contribution in [1.29, 1.82) is 0 Å². The van der Waals surface area contributed by atoms with E-state index in [1.807, 2.05) is 13.8 Å². The zero-order valence-electron chi connectivity index (χ0n) is 12.1. The Labute approximate surface area is 114 Å². The largest absolute Gasteiger partial charge is 0.396 e. The highest BCUT2D eigenvalue weighted by atomic mass is 16.8. The van der Waals surface area contributed by atoms with Gasteiger partial charge in [-0.3, -0.25) is 0 Å². The molecule has 0 unspecified atom stereocenters. The van der Waals surface area contributed by atoms with E-state index in [2.05, 4.69) is 16.9 Å². The molecule has 6 heteroatoms. The molecule has 110 valence electrons. The molecule has 0 saturated carbocycles. The van der Waals surface area contributed by atoms with Crippen LogP contribution in [-0.4, -0.2) is 35.8 Å². The number of ether oxygens (including phenoxy) is 2. The van der Waals surface area contributed by atoms with Crippen LogP contribution in [0.2, 0.25) is 0 Å². The van der Waals surface area contributed by atoms with E-state index >= 15 is 0 Å². The lowest BCUT2D eigenvalue weighted by Crippen LogP contribution is -2.36. The Kier molecular flexibility index (Phi) is 6.58. The van der Waals surface area contributed by atoms with Gasteiger partial charge >= 0.3 is 0 Å². The molecule has 0 aromatic rings. The van der Waals surface area contributed by atoms with E-state index in [0.717, 1.165) is 19.3 Å². The maximum Gasteiger partial charge on any atom is 0.163 e. The summed E-state index contributed by atoms with van der Waals surface area (Å²) in [5, 5.41) is 12.9. The number of azide groups is 1. The molecule has 1 saturated heterocycles. The number of unbranched alkanes of at least 4 members (excludes halogenated alkanes) is 3. The first kappa shape index (κ1) is 16.2. The average molecular weight is 271 g/mol. The maximum atomic E-state index is 9.31. The molecule has 1 aliphatic heterocycles. The molecule has 6 nitrogen and oxygen atoms in total. The van der Waals surface area contributed by atoms with Crippen LogP contribution < -0.4 is 0 Å². The second-order valence-corrected chi connectivity index (χ2v) is 5.44. The standard InChI is InChI=1S/C13H25N3O3/c1-4-5-6-7-8-11-12(10(9-17)15-16-14)19-13(2,3)18-11/h10-12,17H,4-9H2,1-3H3/t10-,11+,12-/m0/s1. The van der Waals surface area contributed by atoms with Crippen molar-refractivity contribution in [3.8, 4) is 0 Å². The quantitative estimate of drug-likeness (QED) is 0.318. The molecular formula is C13H25N3O3. The zero-order chi connectivity index (χ0) is 14.3. The second-order valence-electron chi connectivity index (χ2n) is 5.44. The van der Waals surface area contributed by atoms with E-state index in [4.69, 9.17) is 15.0 Å². The molecule has 3 atom stereocenters. The van der Waals surface area contributed by atoms with Gasteiger partial charge in [-0.1, -0.05) is 37.7 Å². The number of nitrogens with zero attached hydrogens (tertiary/aromatic N) is 3. The third-order valence-electron chi connectivity index (χ3n) is 3.33. The number of aliphatic hydroxyl groups excluding tert-OH is 1. The first-order chi connectivity index (χ1) is 9.04. The summed E-state index contributed by atoms with van der Waals surface area (Å²) in [7, 11) is 0. The summed E-state index contributed by atoms with van der Waals surface area (Å²) >= 11 is 0. The first-order valence-electron chi connectivity index (χ1n) is 7.04. The molecule has 0 spiro atoms. The van der Waals surface area contributed by atoms with Crippen LogP contribution in [-0.2, 0) is 9.47 Å². The van der Waals surface area contributed by atoms with Gasteiger partial charge in [0.05, 0.1) is 24.9 Å². The van der Waals surface area contributed by atoms with E-state index in [-0.39, 0.29) is 18.8 Å². The van der Waals surface area contributed by atoms with E-state index in [0.29, 0.717) is 0 Å². The van der Waals surface area contributed by atoms with Gasteiger partial charge in [0.2, 0.25) is 0 Å². The van der Waals surface area contributed by atoms with E-state index in [9.17, 15) is 5.11 Å². The predicted octanol–water partition coefficient (Wildman–Crippen LogP) is 3.15. The molecule has 1 aliphatic rings. The molecule has 19 heavy (non-hydrogen) atoms. The third-order valence-corrected chi connectivity index (χ3v) is 3.33. The maximum absolute atomic E-state index is 9.31. The SMILES string of the molecule is CCCCCC[C@H]1OC(C)(C)O[C@H]1[C@H](CO)N=[N+]=[N-]. The Morgan fingerprint density at radius 3 is 2.63 bits per heavy atom. The van der Waals surface area contributed by atoms with Crippen molar-refractivity contribution in [2.45, 2.75) is 76.9 Å². The van der Waals surface area contributed by atoms with E-state index < -0.39 is 11.8 Å². The Morgan fingerprint density at radius 1 is 1.32 bits per heavy atom. The van der Waals surface area contributed by atoms with Crippen molar-refractivity contribution in [3.63, 3.8) is 0 Å². The zero-order valence-corrected chi connectivity index (χ0v) is 12.1. The summed E-state index contributed by atoms with van der Waals surface area (Å²) in [6.45, 7) is 5.64. The fourth-order valence-electron chi connectivity index (χ4n) is 2.46. The van der Waals surface area contributed by atoms with Gasteiger partial charge in [-0.2, -0.15) is 0 Å². The lowest BCUT2D eigenvalue weighted by atomic mass is 10.0. The van der Waals surface area contributed by atoms with Crippen molar-refractivity contribution >= 4 is 0 Å². The van der Waals surface area contributed by atoms with Crippen molar-refractivity contribution in [2.24, 2.45) is 5.11 Å². The van der Waals surface area contributed by atoms with Gasteiger partial charge < -0.3 is 14.6 Å². The third kappa shape index (κ3) is 4.99. The van der Waals surface area contributed by atoms with Gasteiger partial charge in [-0.25, -0.2) is 0 Å². The molecule has 0 bridgehead atoms. The molecule has 1 N–H and O–H groups in total. The summed E-state index contributed by atoms with van der Waals surface area (Å²) in [6, 6.07) is -0.581. The Bertz CT molecular complexity index is 316. The van der Waals surface area contributed by atoms with Crippen LogP contribution in [0.1, 0.15) is 52.9 Å². The number of rotatable bonds is 8. The van der Waals surface area contributed by atoms with Gasteiger partial charge in [0.25, 0.3) is 0 Å². The van der Waals surface area contributed by atoms with Gasteiger partial charge in [-0.05, 0) is 25.8 Å². The minimum Gasteiger partial charge on any atom is -0.396 e. The molecule has 1 rings (SSSR count). The highest BCUT2D eigenvalue weighted by Crippen LogP contribution is 2.33. The van der Waals surface area contributed by atoms with Crippen molar-refractivity contribution in [1.82, 2.24) is 0 Å². The first-order valence-corrected chi connectivity index (χ1v) is 7.04. The van der Waals surface area contributed by atoms with Crippen molar-refractivity contribution in [3.05, 3.63) is 10.4 Å². The number of aliphatic hydroxyl groups is 1. The molecule has 0 aliphatic carbocycles. The van der Waals surface area contributed by atoms with Crippen molar-refractivity contribution in [2.75, 3.05) is 6.61 Å². The Morgan fingerprint density at radius 2 is 2.05 bits per heavy atom. The highest BCUT2D eigenvalue weighted by Gasteiger charge is 2.44. The van der Waals surface area contributed by atoms with Crippen LogP contribution in [0, 0.1) is 0 Å². The van der Waals surface area contributed by atoms with Crippen LogP contribution in [0.3, 0.4) is 0 Å². The summed E-state index contributed by atoms with van der Waals surface area (Å²) in [4.78, 5) is 2.77. The number of hydrogen-bond donors (Lipinski definition) is 1. The normalized spacial score (nSPS) is 26.9. The number of hydrogen-bond acceptors (Lipinski definition) is 4. The van der Waals surface area contributed by atoms with Gasteiger partial charge in [0, 0.05) is 4.91 Å². The summed E-state index contributed by atoms with van der Waals surface area (Å²) < 4.78 is 11.6. The molecule has 1 heterocycles. The summed E-state index contributed by atoms with van der Waals surface area (Å²) in [5.41, 5.74) is 8.54. The summed E-state index contributed by atoms with van der Waals surface area (Å²) in [6.07, 6.45) is 5.01. The molecule has 0 amide bonds. The fraction of sp³-hybridized carbons (Fsp3) is 1.00. The topological polar surface area (TPSA) is 87.5 Å². The minimum atomic E-state index is -0.682. The minimum absolute atomic E-state index is 0.116. The second kappa shape index (κ2) is 7.70. The van der Waals surface area contributed by atoms with Crippen LogP contribution >= 0.6 is 0 Å². The van der Waals surface area contributed by atoms with Gasteiger partial charge in [0.1, 0.15) is 0 Å². The van der Waals surface area contributed by atoms with Crippen LogP contribution in [0.4, 0.5) is 0 Å². The Balaban J connectivity index is 2.61. The smallest absolute Gasteiger partial charge is 0.163 e. The lowest BCUT2D eigenvalue weighted by molar-refractivity contribution is -0.148. The van der Waals surface area contributed by atoms with Crippen molar-refractivity contribution < 1.29 is 14.6 Å². The highest BCUT2D eigenvalue weighted by molar-refractivity contribution is 4.90. The van der Waals surface area contributed by atoms with Crippen LogP contribution in [0.15, 0.2) is 5.11 Å². The van der Waals surface area contributed by atoms with Crippen LogP contribution in [0.25, 0.3) is 10.4 Å².